The van der Waals surface area contributed by atoms with Gasteiger partial charge in [-0.1, -0.05) is 23.7 Å². The van der Waals surface area contributed by atoms with Crippen molar-refractivity contribution in [2.24, 2.45) is 0 Å². The first kappa shape index (κ1) is 11.1. The average Bonchev–Trinajstić information content (AvgIpc) is 2.57. The van der Waals surface area contributed by atoms with Gasteiger partial charge in [-0.15, -0.1) is 11.3 Å². The standard InChI is InChI=1S/C10H9ClO2S2/c1-6-7-4-3-5-8(11)9(7)14-10(6)15(12)13-2/h3-5H,1-2H3. The molecule has 1 atom stereocenters. The third kappa shape index (κ3) is 1.83. The molecule has 2 nitrogen and oxygen atoms in total. The molecule has 80 valence electrons. The van der Waals surface area contributed by atoms with Gasteiger partial charge in [0.25, 0.3) is 0 Å². The molecule has 0 radical (unpaired) electrons. The Labute approximate surface area is 99.5 Å². The molecule has 0 saturated heterocycles. The van der Waals surface area contributed by atoms with Crippen molar-refractivity contribution in [3.05, 3.63) is 28.8 Å². The third-order valence-electron chi connectivity index (χ3n) is 2.17. The van der Waals surface area contributed by atoms with Gasteiger partial charge in [-0.05, 0) is 23.9 Å². The molecule has 0 aliphatic carbocycles. The summed E-state index contributed by atoms with van der Waals surface area (Å²) in [5.41, 5.74) is 0.984. The highest BCUT2D eigenvalue weighted by atomic mass is 35.5. The number of aryl methyl sites for hydroxylation is 1. The molecule has 0 spiro atoms. The lowest BCUT2D eigenvalue weighted by Crippen LogP contribution is -1.91. The van der Waals surface area contributed by atoms with Gasteiger partial charge in [0.05, 0.1) is 16.8 Å². The van der Waals surface area contributed by atoms with Gasteiger partial charge in [-0.25, -0.2) is 4.21 Å². The van der Waals surface area contributed by atoms with Crippen LogP contribution in [-0.2, 0) is 15.3 Å². The van der Waals surface area contributed by atoms with E-state index >= 15 is 0 Å². The highest BCUT2D eigenvalue weighted by Gasteiger charge is 2.15. The van der Waals surface area contributed by atoms with E-state index in [1.54, 1.807) is 0 Å². The summed E-state index contributed by atoms with van der Waals surface area (Å²) in [4.78, 5) is 0. The zero-order valence-electron chi connectivity index (χ0n) is 8.24. The van der Waals surface area contributed by atoms with Crippen molar-refractivity contribution in [1.82, 2.24) is 0 Å². The summed E-state index contributed by atoms with van der Waals surface area (Å²) in [6.45, 7) is 1.93. The molecular weight excluding hydrogens is 252 g/mol. The maximum atomic E-state index is 11.6. The van der Waals surface area contributed by atoms with Crippen molar-refractivity contribution in [3.8, 4) is 0 Å². The molecule has 1 unspecified atom stereocenters. The molecule has 2 rings (SSSR count). The number of thiophene rings is 1. The smallest absolute Gasteiger partial charge is 0.199 e. The topological polar surface area (TPSA) is 26.3 Å². The van der Waals surface area contributed by atoms with Crippen LogP contribution in [0.2, 0.25) is 5.02 Å². The molecule has 0 bridgehead atoms. The van der Waals surface area contributed by atoms with Gasteiger partial charge in [0.2, 0.25) is 0 Å². The fourth-order valence-corrected chi connectivity index (χ4v) is 3.89. The minimum atomic E-state index is -1.38. The van der Waals surface area contributed by atoms with E-state index < -0.39 is 11.1 Å². The zero-order chi connectivity index (χ0) is 11.0. The Morgan fingerprint density at radius 3 is 2.80 bits per heavy atom. The van der Waals surface area contributed by atoms with Crippen LogP contribution in [0.25, 0.3) is 10.1 Å². The van der Waals surface area contributed by atoms with E-state index in [1.165, 1.54) is 18.4 Å². The molecule has 15 heavy (non-hydrogen) atoms. The Balaban J connectivity index is 2.75. The van der Waals surface area contributed by atoms with Gasteiger partial charge in [-0.2, -0.15) is 0 Å². The number of benzene rings is 1. The molecular formula is C10H9ClO2S2. The zero-order valence-corrected chi connectivity index (χ0v) is 10.6. The summed E-state index contributed by atoms with van der Waals surface area (Å²) in [6.07, 6.45) is 0. The van der Waals surface area contributed by atoms with Crippen LogP contribution in [0.1, 0.15) is 5.56 Å². The summed E-state index contributed by atoms with van der Waals surface area (Å²) in [6, 6.07) is 5.70. The van der Waals surface area contributed by atoms with E-state index in [-0.39, 0.29) is 0 Å². The van der Waals surface area contributed by atoms with Crippen molar-refractivity contribution in [1.29, 1.82) is 0 Å². The van der Waals surface area contributed by atoms with Crippen LogP contribution in [-0.4, -0.2) is 11.3 Å². The monoisotopic (exact) mass is 260 g/mol. The first-order valence-electron chi connectivity index (χ1n) is 4.29. The molecule has 0 aliphatic heterocycles. The van der Waals surface area contributed by atoms with Crippen LogP contribution in [0.5, 0.6) is 0 Å². The predicted molar refractivity (Wildman–Crippen MR) is 65.0 cm³/mol. The van der Waals surface area contributed by atoms with Gasteiger partial charge in [-0.3, -0.25) is 4.18 Å². The normalized spacial score (nSPS) is 13.3. The fraction of sp³-hybridized carbons (Fsp3) is 0.200. The number of fused-ring (bicyclic) bond motifs is 1. The second-order valence-corrected chi connectivity index (χ2v) is 5.93. The van der Waals surface area contributed by atoms with Crippen LogP contribution in [0.4, 0.5) is 0 Å². The van der Waals surface area contributed by atoms with Crippen LogP contribution in [0.15, 0.2) is 22.4 Å². The molecule has 0 saturated carbocycles. The average molecular weight is 261 g/mol. The SMILES string of the molecule is COS(=O)c1sc2c(Cl)cccc2c1C. The number of halogens is 1. The molecule has 1 heterocycles. The van der Waals surface area contributed by atoms with Crippen molar-refractivity contribution in [2.45, 2.75) is 11.1 Å². The van der Waals surface area contributed by atoms with Gasteiger partial charge in [0, 0.05) is 0 Å². The highest BCUT2D eigenvalue weighted by Crippen LogP contribution is 2.37. The highest BCUT2D eigenvalue weighted by molar-refractivity contribution is 7.83. The van der Waals surface area contributed by atoms with E-state index in [0.717, 1.165) is 19.9 Å². The lowest BCUT2D eigenvalue weighted by molar-refractivity contribution is 0.447. The molecule has 0 aliphatic rings. The second kappa shape index (κ2) is 4.22. The van der Waals surface area contributed by atoms with Gasteiger partial charge >= 0.3 is 0 Å². The van der Waals surface area contributed by atoms with Crippen molar-refractivity contribution in [3.63, 3.8) is 0 Å². The van der Waals surface area contributed by atoms with Crippen molar-refractivity contribution >= 4 is 44.1 Å². The maximum absolute atomic E-state index is 11.6. The quantitative estimate of drug-likeness (QED) is 0.826. The molecule has 5 heteroatoms. The predicted octanol–water partition coefficient (Wildman–Crippen LogP) is 3.53. The summed E-state index contributed by atoms with van der Waals surface area (Å²) in [7, 11) is 1.43. The van der Waals surface area contributed by atoms with Crippen molar-refractivity contribution in [2.75, 3.05) is 7.11 Å². The molecule has 1 aromatic carbocycles. The molecule has 1 aromatic heterocycles. The Kier molecular flexibility index (Phi) is 3.11. The van der Waals surface area contributed by atoms with E-state index in [4.69, 9.17) is 15.8 Å². The molecule has 0 N–H and O–H groups in total. The van der Waals surface area contributed by atoms with Crippen LogP contribution in [0, 0.1) is 6.92 Å². The molecule has 0 amide bonds. The largest absolute Gasteiger partial charge is 0.289 e. The lowest BCUT2D eigenvalue weighted by Gasteiger charge is -1.95. The summed E-state index contributed by atoms with van der Waals surface area (Å²) in [5, 5.41) is 1.74. The number of hydrogen-bond donors (Lipinski definition) is 0. The lowest BCUT2D eigenvalue weighted by atomic mass is 10.2. The minimum Gasteiger partial charge on any atom is -0.289 e. The molecule has 2 aromatic rings. The number of rotatable bonds is 2. The van der Waals surface area contributed by atoms with Gasteiger partial charge < -0.3 is 0 Å². The maximum Gasteiger partial charge on any atom is 0.199 e. The van der Waals surface area contributed by atoms with E-state index in [0.29, 0.717) is 5.02 Å². The van der Waals surface area contributed by atoms with Crippen molar-refractivity contribution < 1.29 is 8.39 Å². The minimum absolute atomic E-state index is 0.694. The van der Waals surface area contributed by atoms with E-state index in [9.17, 15) is 4.21 Å². The Bertz CT molecular complexity index is 533. The van der Waals surface area contributed by atoms with Gasteiger partial charge in [0.15, 0.2) is 11.1 Å². The van der Waals surface area contributed by atoms with Gasteiger partial charge in [0.1, 0.15) is 4.21 Å². The second-order valence-electron chi connectivity index (χ2n) is 3.03. The van der Waals surface area contributed by atoms with Crippen LogP contribution >= 0.6 is 22.9 Å². The van der Waals surface area contributed by atoms with E-state index in [2.05, 4.69) is 0 Å². The van der Waals surface area contributed by atoms with E-state index in [1.807, 2.05) is 25.1 Å². The van der Waals surface area contributed by atoms with Crippen LogP contribution < -0.4 is 0 Å². The Morgan fingerprint density at radius 1 is 1.47 bits per heavy atom. The van der Waals surface area contributed by atoms with Crippen LogP contribution in [0.3, 0.4) is 0 Å². The summed E-state index contributed by atoms with van der Waals surface area (Å²) >= 11 is 6.10. The number of hydrogen-bond acceptors (Lipinski definition) is 3. The Morgan fingerprint density at radius 2 is 2.20 bits per heavy atom. The fourth-order valence-electron chi connectivity index (χ4n) is 1.42. The molecule has 0 fully saturated rings. The third-order valence-corrected chi connectivity index (χ3v) is 5.31. The first-order valence-corrected chi connectivity index (χ1v) is 6.56. The first-order chi connectivity index (χ1) is 7.15. The summed E-state index contributed by atoms with van der Waals surface area (Å²) in [5.74, 6) is 0. The summed E-state index contributed by atoms with van der Waals surface area (Å²) < 4.78 is 18.1. The Hall–Kier alpha value is -0.420.